The van der Waals surface area contributed by atoms with Crippen LogP contribution in [0.4, 0.5) is 20.9 Å². The first-order valence-electron chi connectivity index (χ1n) is 9.82. The number of nitrogens with zero attached hydrogens (tertiary/aromatic N) is 3. The monoisotopic (exact) mass is 458 g/mol. The smallest absolute Gasteiger partial charge is 0.263 e. The molecule has 0 bridgehead atoms. The molecule has 1 N–H and O–H groups in total. The van der Waals surface area contributed by atoms with E-state index in [9.17, 15) is 17.6 Å². The molecule has 0 aliphatic carbocycles. The zero-order chi connectivity index (χ0) is 21.6. The Morgan fingerprint density at radius 2 is 1.94 bits per heavy atom. The van der Waals surface area contributed by atoms with Gasteiger partial charge in [0.1, 0.15) is 11.9 Å². The number of sulfonamides is 1. The van der Waals surface area contributed by atoms with Gasteiger partial charge in [-0.1, -0.05) is 12.1 Å². The molecule has 3 heterocycles. The lowest BCUT2D eigenvalue weighted by molar-refractivity contribution is -0.118. The molecule has 1 amide bonds. The van der Waals surface area contributed by atoms with Gasteiger partial charge in [-0.2, -0.15) is 0 Å². The van der Waals surface area contributed by atoms with E-state index in [-0.39, 0.29) is 16.6 Å². The quantitative estimate of drug-likeness (QED) is 0.635. The first-order chi connectivity index (χ1) is 14.9. The number of benzene rings is 2. The van der Waals surface area contributed by atoms with Crippen molar-refractivity contribution in [3.63, 3.8) is 0 Å². The molecule has 2 aliphatic heterocycles. The van der Waals surface area contributed by atoms with Crippen molar-refractivity contribution in [3.05, 3.63) is 65.4 Å². The molecule has 160 valence electrons. The summed E-state index contributed by atoms with van der Waals surface area (Å²) in [5, 5.41) is 1.97. The summed E-state index contributed by atoms with van der Waals surface area (Å²) in [6.07, 6.45) is 2.82. The molecule has 31 heavy (non-hydrogen) atoms. The molecule has 1 saturated heterocycles. The summed E-state index contributed by atoms with van der Waals surface area (Å²) in [5.74, 6) is -0.406. The summed E-state index contributed by atoms with van der Waals surface area (Å²) in [6.45, 7) is 1.10. The first-order valence-corrected chi connectivity index (χ1v) is 12.2. The fourth-order valence-corrected chi connectivity index (χ4v) is 6.00. The molecule has 2 aromatic carbocycles. The largest absolute Gasteiger partial charge is 0.357 e. The highest BCUT2D eigenvalue weighted by Gasteiger charge is 2.40. The number of hydrogen-bond acceptors (Lipinski definition) is 6. The Bertz CT molecular complexity index is 1230. The van der Waals surface area contributed by atoms with Crippen molar-refractivity contribution in [2.75, 3.05) is 27.6 Å². The summed E-state index contributed by atoms with van der Waals surface area (Å²) in [7, 11) is -3.75. The Balaban J connectivity index is 1.34. The van der Waals surface area contributed by atoms with Crippen LogP contribution in [0, 0.1) is 5.82 Å². The van der Waals surface area contributed by atoms with Crippen molar-refractivity contribution in [2.24, 2.45) is 0 Å². The number of rotatable bonds is 5. The zero-order valence-electron chi connectivity index (χ0n) is 16.4. The highest BCUT2D eigenvalue weighted by atomic mass is 32.2. The van der Waals surface area contributed by atoms with Gasteiger partial charge in [0.25, 0.3) is 10.0 Å². The number of halogens is 1. The van der Waals surface area contributed by atoms with Crippen molar-refractivity contribution < 1.29 is 17.6 Å². The van der Waals surface area contributed by atoms with Crippen LogP contribution in [0.1, 0.15) is 12.0 Å². The fourth-order valence-electron chi connectivity index (χ4n) is 4.21. The number of nitrogens with one attached hydrogen (secondary N) is 1. The average Bonchev–Trinajstić information content (AvgIpc) is 3.48. The number of carbonyl (C=O) groups is 1. The maximum atomic E-state index is 14.4. The van der Waals surface area contributed by atoms with Crippen LogP contribution in [0.25, 0.3) is 0 Å². The molecule has 1 aromatic heterocycles. The third-order valence-electron chi connectivity index (χ3n) is 5.65. The van der Waals surface area contributed by atoms with E-state index in [1.807, 2.05) is 11.0 Å². The summed E-state index contributed by atoms with van der Waals surface area (Å²) < 4.78 is 41.8. The Labute approximate surface area is 183 Å². The lowest BCUT2D eigenvalue weighted by atomic mass is 10.1. The van der Waals surface area contributed by atoms with Gasteiger partial charge in [-0.25, -0.2) is 17.8 Å². The predicted molar refractivity (Wildman–Crippen MR) is 118 cm³/mol. The van der Waals surface area contributed by atoms with Gasteiger partial charge in [0.2, 0.25) is 5.91 Å². The maximum Gasteiger partial charge on any atom is 0.263 e. The number of hydrogen-bond donors (Lipinski definition) is 1. The number of carbonyl (C=O) groups excluding carboxylic acids is 1. The molecule has 3 aromatic rings. The standard InChI is InChI=1S/C21H19FN4O3S2/c22-17-3-1-2-14-8-11-26(19(14)17)18-9-12-25(20(18)27)15-4-6-16(7-5-15)31(28,29)24-21-23-10-13-30-21/h1-7,10,13,18H,8-9,11-12H2,(H,23,24)/t18-/m0/s1. The third-order valence-corrected chi connectivity index (χ3v) is 7.82. The number of aromatic nitrogens is 1. The van der Waals surface area contributed by atoms with Crippen LogP contribution in [0.5, 0.6) is 0 Å². The molecular formula is C21H19FN4O3S2. The van der Waals surface area contributed by atoms with Crippen LogP contribution in [0.15, 0.2) is 58.9 Å². The van der Waals surface area contributed by atoms with Gasteiger partial charge < -0.3 is 9.80 Å². The molecule has 7 nitrogen and oxygen atoms in total. The summed E-state index contributed by atoms with van der Waals surface area (Å²) >= 11 is 1.19. The molecule has 10 heteroatoms. The van der Waals surface area contributed by atoms with Crippen molar-refractivity contribution in [1.82, 2.24) is 4.98 Å². The van der Waals surface area contributed by atoms with Crippen molar-refractivity contribution in [3.8, 4) is 0 Å². The summed E-state index contributed by atoms with van der Waals surface area (Å²) in [5.41, 5.74) is 2.07. The van der Waals surface area contributed by atoms with Crippen LogP contribution in [0.3, 0.4) is 0 Å². The second kappa shape index (κ2) is 7.61. The lowest BCUT2D eigenvalue weighted by Gasteiger charge is -2.26. The Hall–Kier alpha value is -2.98. The van der Waals surface area contributed by atoms with E-state index in [4.69, 9.17) is 0 Å². The van der Waals surface area contributed by atoms with Crippen LogP contribution < -0.4 is 14.5 Å². The van der Waals surface area contributed by atoms with E-state index in [2.05, 4.69) is 9.71 Å². The highest BCUT2D eigenvalue weighted by molar-refractivity contribution is 7.93. The zero-order valence-corrected chi connectivity index (χ0v) is 18.0. The summed E-state index contributed by atoms with van der Waals surface area (Å²) in [6, 6.07) is 10.8. The van der Waals surface area contributed by atoms with Crippen molar-refractivity contribution in [1.29, 1.82) is 0 Å². The molecule has 0 unspecified atom stereocenters. The van der Waals surface area contributed by atoms with Gasteiger partial charge in [-0.05, 0) is 48.7 Å². The maximum absolute atomic E-state index is 14.4. The van der Waals surface area contributed by atoms with Gasteiger partial charge in [-0.3, -0.25) is 9.52 Å². The normalized spacial score (nSPS) is 18.5. The van der Waals surface area contributed by atoms with Crippen molar-refractivity contribution >= 4 is 43.8 Å². The molecule has 0 spiro atoms. The second-order valence-corrected chi connectivity index (χ2v) is 10.00. The topological polar surface area (TPSA) is 82.6 Å². The van der Waals surface area contributed by atoms with Gasteiger partial charge in [0.05, 0.1) is 10.6 Å². The Morgan fingerprint density at radius 1 is 1.13 bits per heavy atom. The predicted octanol–water partition coefficient (Wildman–Crippen LogP) is 3.25. The molecular weight excluding hydrogens is 439 g/mol. The molecule has 1 atom stereocenters. The number of thiazole rings is 1. The minimum atomic E-state index is -3.75. The molecule has 0 saturated carbocycles. The third kappa shape index (κ3) is 3.55. The van der Waals surface area contributed by atoms with E-state index in [1.165, 1.54) is 35.7 Å². The number of amides is 1. The SMILES string of the molecule is O=C1[C@@H](N2CCc3cccc(F)c32)CCN1c1ccc(S(=O)(=O)Nc2nccs2)cc1. The lowest BCUT2D eigenvalue weighted by Crippen LogP contribution is -2.41. The minimum Gasteiger partial charge on any atom is -0.357 e. The van der Waals surface area contributed by atoms with Gasteiger partial charge in [-0.15, -0.1) is 11.3 Å². The minimum absolute atomic E-state index is 0.0881. The van der Waals surface area contributed by atoms with Crippen molar-refractivity contribution in [2.45, 2.75) is 23.8 Å². The molecule has 0 radical (unpaired) electrons. The Kier molecular flexibility index (Phi) is 4.90. The number of anilines is 3. The average molecular weight is 459 g/mol. The van der Waals surface area contributed by atoms with Gasteiger partial charge in [0, 0.05) is 30.4 Å². The number of para-hydroxylation sites is 1. The van der Waals surface area contributed by atoms with Crippen LogP contribution in [0.2, 0.25) is 0 Å². The second-order valence-electron chi connectivity index (χ2n) is 7.42. The van der Waals surface area contributed by atoms with E-state index in [1.54, 1.807) is 28.5 Å². The van der Waals surface area contributed by atoms with E-state index < -0.39 is 16.1 Å². The van der Waals surface area contributed by atoms with Gasteiger partial charge in [0.15, 0.2) is 5.13 Å². The highest BCUT2D eigenvalue weighted by Crippen LogP contribution is 2.36. The van der Waals surface area contributed by atoms with Crippen LogP contribution >= 0.6 is 11.3 Å². The van der Waals surface area contributed by atoms with E-state index >= 15 is 0 Å². The van der Waals surface area contributed by atoms with E-state index in [0.717, 1.165) is 12.0 Å². The van der Waals surface area contributed by atoms with E-state index in [0.29, 0.717) is 36.0 Å². The Morgan fingerprint density at radius 3 is 2.68 bits per heavy atom. The summed E-state index contributed by atoms with van der Waals surface area (Å²) in [4.78, 5) is 20.6. The molecule has 1 fully saturated rings. The molecule has 2 aliphatic rings. The first kappa shape index (κ1) is 20.0. The number of fused-ring (bicyclic) bond motifs is 1. The fraction of sp³-hybridized carbons (Fsp3) is 0.238. The molecule has 5 rings (SSSR count). The van der Waals surface area contributed by atoms with Crippen LogP contribution in [-0.4, -0.2) is 38.4 Å². The van der Waals surface area contributed by atoms with Gasteiger partial charge >= 0.3 is 0 Å². The van der Waals surface area contributed by atoms with Crippen LogP contribution in [-0.2, 0) is 21.2 Å².